The summed E-state index contributed by atoms with van der Waals surface area (Å²) in [7, 11) is 0. The monoisotopic (exact) mass is 289 g/mol. The fourth-order valence-corrected chi connectivity index (χ4v) is 1.70. The maximum atomic E-state index is 12.0. The Kier molecular flexibility index (Phi) is 4.50. The van der Waals surface area contributed by atoms with E-state index in [0.29, 0.717) is 35.8 Å². The van der Waals surface area contributed by atoms with Crippen LogP contribution in [-0.4, -0.2) is 33.6 Å². The minimum absolute atomic E-state index is 0.0500. The number of benzene rings is 1. The van der Waals surface area contributed by atoms with Gasteiger partial charge in [-0.3, -0.25) is 4.79 Å². The summed E-state index contributed by atoms with van der Waals surface area (Å²) in [4.78, 5) is 16.0. The molecular weight excluding hydrogens is 274 g/mol. The number of carbonyl (C=O) groups is 1. The fraction of sp³-hybridized carbons (Fsp3) is 0.231. The van der Waals surface area contributed by atoms with E-state index in [1.165, 1.54) is 0 Å². The number of oxime groups is 1. The summed E-state index contributed by atoms with van der Waals surface area (Å²) in [5.74, 6) is 0.714. The molecular formula is C13H15N5O3. The number of aromatic nitrogens is 2. The Hall–Kier alpha value is -2.90. The highest BCUT2D eigenvalue weighted by molar-refractivity contribution is 6.01. The average Bonchev–Trinajstić information content (AvgIpc) is 2.92. The molecule has 4 N–H and O–H groups in total. The number of hydrogen-bond acceptors (Lipinski definition) is 6. The predicted octanol–water partition coefficient (Wildman–Crippen LogP) is 0.445. The number of aryl methyl sites for hydroxylation is 1. The first-order chi connectivity index (χ1) is 10.1. The van der Waals surface area contributed by atoms with Gasteiger partial charge < -0.3 is 20.8 Å². The predicted molar refractivity (Wildman–Crippen MR) is 74.0 cm³/mol. The van der Waals surface area contributed by atoms with Gasteiger partial charge in [-0.1, -0.05) is 22.4 Å². The molecule has 21 heavy (non-hydrogen) atoms. The van der Waals surface area contributed by atoms with Crippen molar-refractivity contribution in [2.24, 2.45) is 10.9 Å². The van der Waals surface area contributed by atoms with Crippen molar-refractivity contribution < 1.29 is 14.5 Å². The first-order valence-corrected chi connectivity index (χ1v) is 6.25. The summed E-state index contributed by atoms with van der Waals surface area (Å²) < 4.78 is 4.94. The SMILES string of the molecule is Cc1noc(CCNC(=O)c2cccc(/C(N)=N/O)c2)n1. The van der Waals surface area contributed by atoms with Crippen molar-refractivity contribution >= 4 is 11.7 Å². The maximum absolute atomic E-state index is 12.0. The van der Waals surface area contributed by atoms with Crippen molar-refractivity contribution in [3.63, 3.8) is 0 Å². The average molecular weight is 289 g/mol. The molecule has 0 unspecified atom stereocenters. The van der Waals surface area contributed by atoms with Crippen LogP contribution in [0.1, 0.15) is 27.6 Å². The van der Waals surface area contributed by atoms with Gasteiger partial charge in [-0.15, -0.1) is 0 Å². The molecule has 0 aliphatic heterocycles. The van der Waals surface area contributed by atoms with Crippen molar-refractivity contribution in [2.75, 3.05) is 6.54 Å². The van der Waals surface area contributed by atoms with Crippen LogP contribution in [0.5, 0.6) is 0 Å². The maximum Gasteiger partial charge on any atom is 0.251 e. The molecule has 0 atom stereocenters. The zero-order valence-electron chi connectivity index (χ0n) is 11.4. The summed E-state index contributed by atoms with van der Waals surface area (Å²) in [6, 6.07) is 6.48. The molecule has 0 radical (unpaired) electrons. The highest BCUT2D eigenvalue weighted by Crippen LogP contribution is 2.05. The lowest BCUT2D eigenvalue weighted by Gasteiger charge is -2.05. The van der Waals surface area contributed by atoms with Gasteiger partial charge in [0.05, 0.1) is 0 Å². The zero-order chi connectivity index (χ0) is 15.2. The minimum atomic E-state index is -0.265. The molecule has 0 fully saturated rings. The summed E-state index contributed by atoms with van der Waals surface area (Å²) in [5, 5.41) is 17.9. The first-order valence-electron chi connectivity index (χ1n) is 6.25. The number of amides is 1. The Balaban J connectivity index is 1.94. The summed E-state index contributed by atoms with van der Waals surface area (Å²) in [6.45, 7) is 2.10. The lowest BCUT2D eigenvalue weighted by Crippen LogP contribution is -2.26. The largest absolute Gasteiger partial charge is 0.409 e. The molecule has 0 aliphatic rings. The van der Waals surface area contributed by atoms with E-state index in [9.17, 15) is 4.79 Å². The molecule has 2 rings (SSSR count). The van der Waals surface area contributed by atoms with Gasteiger partial charge in [0.2, 0.25) is 5.89 Å². The quantitative estimate of drug-likeness (QED) is 0.317. The van der Waals surface area contributed by atoms with E-state index in [0.717, 1.165) is 0 Å². The highest BCUT2D eigenvalue weighted by atomic mass is 16.5. The molecule has 0 saturated heterocycles. The number of hydrogen-bond donors (Lipinski definition) is 3. The van der Waals surface area contributed by atoms with Gasteiger partial charge in [-0.2, -0.15) is 4.98 Å². The van der Waals surface area contributed by atoms with Crippen molar-refractivity contribution in [3.05, 3.63) is 47.1 Å². The highest BCUT2D eigenvalue weighted by Gasteiger charge is 2.09. The molecule has 0 saturated carbocycles. The Labute approximate surface area is 120 Å². The van der Waals surface area contributed by atoms with Crippen LogP contribution in [0.3, 0.4) is 0 Å². The van der Waals surface area contributed by atoms with Gasteiger partial charge in [0, 0.05) is 24.1 Å². The number of nitrogens with two attached hydrogens (primary N) is 1. The van der Waals surface area contributed by atoms with Gasteiger partial charge in [-0.25, -0.2) is 0 Å². The molecule has 1 amide bonds. The number of carbonyl (C=O) groups excluding carboxylic acids is 1. The lowest BCUT2D eigenvalue weighted by atomic mass is 10.1. The molecule has 0 bridgehead atoms. The third kappa shape index (κ3) is 3.78. The molecule has 8 nitrogen and oxygen atoms in total. The first kappa shape index (κ1) is 14.5. The Bertz CT molecular complexity index is 665. The molecule has 1 aromatic carbocycles. The van der Waals surface area contributed by atoms with Gasteiger partial charge >= 0.3 is 0 Å². The van der Waals surface area contributed by atoms with E-state index in [4.69, 9.17) is 15.5 Å². The second kappa shape index (κ2) is 6.51. The second-order valence-electron chi connectivity index (χ2n) is 4.31. The van der Waals surface area contributed by atoms with E-state index >= 15 is 0 Å². The summed E-state index contributed by atoms with van der Waals surface area (Å²) >= 11 is 0. The molecule has 0 spiro atoms. The van der Waals surface area contributed by atoms with Crippen molar-refractivity contribution in [2.45, 2.75) is 13.3 Å². The normalized spacial score (nSPS) is 11.4. The van der Waals surface area contributed by atoms with E-state index in [1.54, 1.807) is 31.2 Å². The molecule has 110 valence electrons. The number of nitrogens with one attached hydrogen (secondary N) is 1. The van der Waals surface area contributed by atoms with Crippen LogP contribution >= 0.6 is 0 Å². The Morgan fingerprint density at radius 1 is 1.48 bits per heavy atom. The van der Waals surface area contributed by atoms with Gasteiger partial charge in [0.25, 0.3) is 5.91 Å². The second-order valence-corrected chi connectivity index (χ2v) is 4.31. The minimum Gasteiger partial charge on any atom is -0.409 e. The van der Waals surface area contributed by atoms with Crippen LogP contribution in [-0.2, 0) is 6.42 Å². The Morgan fingerprint density at radius 3 is 2.90 bits per heavy atom. The molecule has 1 heterocycles. The summed E-state index contributed by atoms with van der Waals surface area (Å²) in [6.07, 6.45) is 0.451. The van der Waals surface area contributed by atoms with E-state index in [-0.39, 0.29) is 11.7 Å². The molecule has 1 aromatic heterocycles. The van der Waals surface area contributed by atoms with Crippen LogP contribution < -0.4 is 11.1 Å². The number of nitrogens with zero attached hydrogens (tertiary/aromatic N) is 3. The zero-order valence-corrected chi connectivity index (χ0v) is 11.4. The fourth-order valence-electron chi connectivity index (χ4n) is 1.70. The Morgan fingerprint density at radius 2 is 2.24 bits per heavy atom. The van der Waals surface area contributed by atoms with E-state index in [1.807, 2.05) is 0 Å². The van der Waals surface area contributed by atoms with Crippen LogP contribution in [0.2, 0.25) is 0 Å². The van der Waals surface area contributed by atoms with Crippen molar-refractivity contribution in [1.82, 2.24) is 15.5 Å². The smallest absolute Gasteiger partial charge is 0.251 e. The lowest BCUT2D eigenvalue weighted by molar-refractivity contribution is 0.0953. The van der Waals surface area contributed by atoms with E-state index < -0.39 is 0 Å². The van der Waals surface area contributed by atoms with Gasteiger partial charge in [0.1, 0.15) is 0 Å². The molecule has 2 aromatic rings. The molecule has 8 heteroatoms. The number of rotatable bonds is 5. The third-order valence-corrected chi connectivity index (χ3v) is 2.72. The standard InChI is InChI=1S/C13H15N5O3/c1-8-16-11(21-18-8)5-6-15-13(19)10-4-2-3-9(7-10)12(14)17-20/h2-4,7,20H,5-6H2,1H3,(H2,14,17)(H,15,19). The van der Waals surface area contributed by atoms with Gasteiger partial charge in [0.15, 0.2) is 11.7 Å². The van der Waals surface area contributed by atoms with Crippen LogP contribution in [0.15, 0.2) is 33.9 Å². The third-order valence-electron chi connectivity index (χ3n) is 2.72. The van der Waals surface area contributed by atoms with E-state index in [2.05, 4.69) is 20.6 Å². The van der Waals surface area contributed by atoms with Crippen LogP contribution in [0.4, 0.5) is 0 Å². The van der Waals surface area contributed by atoms with Crippen LogP contribution in [0, 0.1) is 6.92 Å². The van der Waals surface area contributed by atoms with Crippen molar-refractivity contribution in [1.29, 1.82) is 0 Å². The number of amidine groups is 1. The van der Waals surface area contributed by atoms with Crippen molar-refractivity contribution in [3.8, 4) is 0 Å². The summed E-state index contributed by atoms with van der Waals surface area (Å²) in [5.41, 5.74) is 6.37. The van der Waals surface area contributed by atoms with Gasteiger partial charge in [-0.05, 0) is 19.1 Å². The molecule has 0 aliphatic carbocycles. The van der Waals surface area contributed by atoms with Crippen LogP contribution in [0.25, 0.3) is 0 Å². The topological polar surface area (TPSA) is 127 Å².